The first-order valence-electron chi connectivity index (χ1n) is 20.7. The molecule has 0 aliphatic heterocycles. The Kier molecular flexibility index (Phi) is 8.75. The van der Waals surface area contributed by atoms with Crippen LogP contribution in [0, 0.1) is 0 Å². The molecule has 0 saturated heterocycles. The molecule has 0 N–H and O–H groups in total. The van der Waals surface area contributed by atoms with Gasteiger partial charge in [0, 0.05) is 38.8 Å². The highest BCUT2D eigenvalue weighted by molar-refractivity contribution is 5.88. The molecule has 11 rings (SSSR count). The average molecular weight is 782 g/mol. The van der Waals surface area contributed by atoms with Crippen molar-refractivity contribution < 1.29 is 0 Å². The Morgan fingerprint density at radius 1 is 0.279 bits per heavy atom. The van der Waals surface area contributed by atoms with Crippen molar-refractivity contribution in [3.63, 3.8) is 0 Å². The minimum atomic E-state index is -0.143. The fourth-order valence-corrected chi connectivity index (χ4v) is 8.70. The van der Waals surface area contributed by atoms with Crippen molar-refractivity contribution in [1.29, 1.82) is 0 Å². The third kappa shape index (κ3) is 6.67. The molecule has 0 radical (unpaired) electrons. The van der Waals surface area contributed by atoms with Gasteiger partial charge in [0.25, 0.3) is 0 Å². The molecule has 0 spiro atoms. The summed E-state index contributed by atoms with van der Waals surface area (Å²) in [5.41, 5.74) is 14.7. The summed E-state index contributed by atoms with van der Waals surface area (Å²) in [6.07, 6.45) is 0. The molecule has 0 amide bonds. The molecule has 0 atom stereocenters. The number of hydrogen-bond donors (Lipinski definition) is 0. The van der Waals surface area contributed by atoms with Gasteiger partial charge in [0.05, 0.1) is 11.4 Å². The Morgan fingerprint density at radius 2 is 0.738 bits per heavy atom. The second-order valence-corrected chi connectivity index (χ2v) is 16.2. The SMILES string of the molecule is CC1(C)c2ccccc2-c2ccc(-c3nc(-c4ccccc4)nc(-c4cccc(-c5cccc(-c6cc(-c7ccc8ccccc8c7)nc(-c7ccccc7)n6)c5)c4)n3)cc21. The zero-order valence-corrected chi connectivity index (χ0v) is 33.8. The van der Waals surface area contributed by atoms with Crippen LogP contribution in [0.3, 0.4) is 0 Å². The maximum atomic E-state index is 5.18. The molecule has 5 heteroatoms. The van der Waals surface area contributed by atoms with E-state index in [1.807, 2.05) is 36.4 Å². The Labute approximate surface area is 355 Å². The second-order valence-electron chi connectivity index (χ2n) is 16.2. The third-order valence-corrected chi connectivity index (χ3v) is 11.9. The van der Waals surface area contributed by atoms with Gasteiger partial charge in [-0.1, -0.05) is 184 Å². The summed E-state index contributed by atoms with van der Waals surface area (Å²) in [5, 5.41) is 2.37. The van der Waals surface area contributed by atoms with E-state index in [9.17, 15) is 0 Å². The van der Waals surface area contributed by atoms with E-state index < -0.39 is 0 Å². The summed E-state index contributed by atoms with van der Waals surface area (Å²) in [5.74, 6) is 2.58. The predicted octanol–water partition coefficient (Wildman–Crippen LogP) is 13.8. The van der Waals surface area contributed by atoms with Gasteiger partial charge >= 0.3 is 0 Å². The molecule has 8 aromatic carbocycles. The van der Waals surface area contributed by atoms with Crippen LogP contribution in [0.25, 0.3) is 101 Å². The Bertz CT molecular complexity index is 3280. The summed E-state index contributed by atoms with van der Waals surface area (Å²) in [6, 6.07) is 69.8. The monoisotopic (exact) mass is 781 g/mol. The fourth-order valence-electron chi connectivity index (χ4n) is 8.70. The van der Waals surface area contributed by atoms with Crippen molar-refractivity contribution in [2.24, 2.45) is 0 Å². The largest absolute Gasteiger partial charge is 0.228 e. The van der Waals surface area contributed by atoms with Crippen molar-refractivity contribution in [2.45, 2.75) is 19.3 Å². The number of benzene rings is 8. The van der Waals surface area contributed by atoms with Crippen LogP contribution >= 0.6 is 0 Å². The second kappa shape index (κ2) is 14.7. The molecule has 2 heterocycles. The number of aromatic nitrogens is 5. The van der Waals surface area contributed by atoms with Gasteiger partial charge in [0.1, 0.15) is 0 Å². The summed E-state index contributed by atoms with van der Waals surface area (Å²) < 4.78 is 0. The van der Waals surface area contributed by atoms with Crippen molar-refractivity contribution in [3.8, 4) is 90.3 Å². The maximum absolute atomic E-state index is 5.18. The average Bonchev–Trinajstić information content (AvgIpc) is 3.56. The molecule has 2 aromatic heterocycles. The van der Waals surface area contributed by atoms with E-state index in [2.05, 4.69) is 178 Å². The number of rotatable bonds is 7. The summed E-state index contributed by atoms with van der Waals surface area (Å²) in [4.78, 5) is 25.6. The number of nitrogens with zero attached hydrogens (tertiary/aromatic N) is 5. The summed E-state index contributed by atoms with van der Waals surface area (Å²) in [6.45, 7) is 4.60. The van der Waals surface area contributed by atoms with Gasteiger partial charge in [0.15, 0.2) is 23.3 Å². The van der Waals surface area contributed by atoms with Gasteiger partial charge in [-0.05, 0) is 74.5 Å². The lowest BCUT2D eigenvalue weighted by Crippen LogP contribution is -2.15. The molecule has 288 valence electrons. The van der Waals surface area contributed by atoms with Crippen molar-refractivity contribution >= 4 is 10.8 Å². The molecular formula is C56H39N5. The zero-order chi connectivity index (χ0) is 40.9. The maximum Gasteiger partial charge on any atom is 0.164 e. The van der Waals surface area contributed by atoms with Gasteiger partial charge in [-0.2, -0.15) is 0 Å². The van der Waals surface area contributed by atoms with Crippen LogP contribution in [0.4, 0.5) is 0 Å². The minimum Gasteiger partial charge on any atom is -0.228 e. The highest BCUT2D eigenvalue weighted by atomic mass is 15.0. The van der Waals surface area contributed by atoms with Crippen LogP contribution in [0.5, 0.6) is 0 Å². The Balaban J connectivity index is 0.994. The Hall–Kier alpha value is -7.89. The molecular weight excluding hydrogens is 743 g/mol. The van der Waals surface area contributed by atoms with E-state index in [0.29, 0.717) is 23.3 Å². The molecule has 61 heavy (non-hydrogen) atoms. The lowest BCUT2D eigenvalue weighted by Gasteiger charge is -2.21. The van der Waals surface area contributed by atoms with E-state index >= 15 is 0 Å². The van der Waals surface area contributed by atoms with Crippen LogP contribution in [-0.4, -0.2) is 24.9 Å². The van der Waals surface area contributed by atoms with E-state index in [0.717, 1.165) is 55.9 Å². The molecule has 10 aromatic rings. The van der Waals surface area contributed by atoms with Gasteiger partial charge in [-0.25, -0.2) is 24.9 Å². The first-order valence-corrected chi connectivity index (χ1v) is 20.7. The predicted molar refractivity (Wildman–Crippen MR) is 249 cm³/mol. The minimum absolute atomic E-state index is 0.143. The van der Waals surface area contributed by atoms with Crippen molar-refractivity contribution in [1.82, 2.24) is 24.9 Å². The lowest BCUT2D eigenvalue weighted by molar-refractivity contribution is 0.660. The lowest BCUT2D eigenvalue weighted by atomic mass is 9.82. The van der Waals surface area contributed by atoms with E-state index in [1.54, 1.807) is 0 Å². The van der Waals surface area contributed by atoms with Crippen LogP contribution in [0.1, 0.15) is 25.0 Å². The first-order chi connectivity index (χ1) is 29.9. The Morgan fingerprint density at radius 3 is 1.43 bits per heavy atom. The van der Waals surface area contributed by atoms with E-state index in [1.165, 1.54) is 33.0 Å². The molecule has 5 nitrogen and oxygen atoms in total. The van der Waals surface area contributed by atoms with Gasteiger partial charge in [0.2, 0.25) is 0 Å². The van der Waals surface area contributed by atoms with Crippen LogP contribution < -0.4 is 0 Å². The van der Waals surface area contributed by atoms with Crippen LogP contribution in [0.2, 0.25) is 0 Å². The highest BCUT2D eigenvalue weighted by Crippen LogP contribution is 2.49. The molecule has 1 aliphatic rings. The third-order valence-electron chi connectivity index (χ3n) is 11.9. The molecule has 0 saturated carbocycles. The van der Waals surface area contributed by atoms with E-state index in [-0.39, 0.29) is 5.41 Å². The molecule has 1 aliphatic carbocycles. The summed E-state index contributed by atoms with van der Waals surface area (Å²) >= 11 is 0. The van der Waals surface area contributed by atoms with Crippen molar-refractivity contribution in [3.05, 3.63) is 211 Å². The van der Waals surface area contributed by atoms with Crippen LogP contribution in [0.15, 0.2) is 200 Å². The zero-order valence-electron chi connectivity index (χ0n) is 33.8. The van der Waals surface area contributed by atoms with Crippen molar-refractivity contribution in [2.75, 3.05) is 0 Å². The number of fused-ring (bicyclic) bond motifs is 4. The van der Waals surface area contributed by atoms with E-state index in [4.69, 9.17) is 24.9 Å². The molecule has 0 unspecified atom stereocenters. The fraction of sp³-hybridized carbons (Fsp3) is 0.0536. The molecule has 0 fully saturated rings. The number of hydrogen-bond acceptors (Lipinski definition) is 5. The van der Waals surface area contributed by atoms with Gasteiger partial charge in [-0.15, -0.1) is 0 Å². The normalized spacial score (nSPS) is 12.6. The van der Waals surface area contributed by atoms with Gasteiger partial charge in [-0.3, -0.25) is 0 Å². The van der Waals surface area contributed by atoms with Crippen LogP contribution in [-0.2, 0) is 5.41 Å². The first kappa shape index (κ1) is 36.2. The molecule has 0 bridgehead atoms. The topological polar surface area (TPSA) is 64.5 Å². The summed E-state index contributed by atoms with van der Waals surface area (Å²) in [7, 11) is 0. The standard InChI is InChI=1S/C56H39N5/c1-56(2)48-26-12-11-25-46(48)47-30-29-45(34-49(47)56)55-60-53(38-18-7-4-8-19-38)59-54(61-55)44-24-14-22-41(33-44)40-21-13-23-42(32-40)50-35-51(58-52(57-50)37-16-5-3-6-17-37)43-28-27-36-15-9-10-20-39(36)31-43/h3-35H,1-2H3. The highest BCUT2D eigenvalue weighted by Gasteiger charge is 2.35. The quantitative estimate of drug-likeness (QED) is 0.161. The smallest absolute Gasteiger partial charge is 0.164 e. The van der Waals surface area contributed by atoms with Gasteiger partial charge < -0.3 is 0 Å².